The van der Waals surface area contributed by atoms with E-state index >= 15 is 0 Å². The van der Waals surface area contributed by atoms with Gasteiger partial charge >= 0.3 is 17.9 Å². The molecule has 0 bridgehead atoms. The smallest absolute Gasteiger partial charge is 0.306 e. The zero-order valence-corrected chi connectivity index (χ0v) is 16.3. The molecule has 0 fully saturated rings. The van der Waals surface area contributed by atoms with Gasteiger partial charge in [-0.05, 0) is 31.2 Å². The van der Waals surface area contributed by atoms with E-state index in [1.165, 1.54) is 0 Å². The lowest BCUT2D eigenvalue weighted by Crippen LogP contribution is -2.30. The largest absolute Gasteiger partial charge is 0.462 e. The Morgan fingerprint density at radius 2 is 1.37 bits per heavy atom. The second-order valence-electron chi connectivity index (χ2n) is 6.32. The molecule has 150 valence electrons. The normalized spacial score (nSPS) is 10.5. The van der Waals surface area contributed by atoms with Gasteiger partial charge in [0.05, 0.1) is 0 Å². The summed E-state index contributed by atoms with van der Waals surface area (Å²) in [4.78, 5) is 35.1. The van der Waals surface area contributed by atoms with Crippen molar-refractivity contribution in [1.82, 2.24) is 0 Å². The quantitative estimate of drug-likeness (QED) is 0.385. The predicted molar refractivity (Wildman–Crippen MR) is 101 cm³/mol. The van der Waals surface area contributed by atoms with Crippen LogP contribution < -0.4 is 0 Å². The summed E-state index contributed by atoms with van der Waals surface area (Å²) in [5.74, 6) is -1.11. The number of carbonyl (C=O) groups is 3. The van der Waals surface area contributed by atoms with Crippen molar-refractivity contribution in [2.45, 2.75) is 64.9 Å². The molecule has 27 heavy (non-hydrogen) atoms. The van der Waals surface area contributed by atoms with E-state index in [1.54, 1.807) is 0 Å². The van der Waals surface area contributed by atoms with Crippen LogP contribution in [0.2, 0.25) is 0 Å². The Morgan fingerprint density at radius 1 is 0.815 bits per heavy atom. The highest BCUT2D eigenvalue weighted by Gasteiger charge is 2.19. The summed E-state index contributed by atoms with van der Waals surface area (Å²) in [7, 11) is 0. The fourth-order valence-electron chi connectivity index (χ4n) is 2.37. The molecule has 1 rings (SSSR count). The number of carbonyl (C=O) groups excluding carboxylic acids is 3. The van der Waals surface area contributed by atoms with Crippen LogP contribution >= 0.6 is 0 Å². The average Bonchev–Trinajstić information content (AvgIpc) is 2.65. The van der Waals surface area contributed by atoms with Crippen LogP contribution in [0.1, 0.15) is 57.9 Å². The Labute approximate surface area is 161 Å². The topological polar surface area (TPSA) is 78.9 Å². The van der Waals surface area contributed by atoms with Crippen LogP contribution in [0, 0.1) is 0 Å². The molecule has 0 saturated carbocycles. The van der Waals surface area contributed by atoms with E-state index in [9.17, 15) is 14.4 Å². The summed E-state index contributed by atoms with van der Waals surface area (Å²) < 4.78 is 15.6. The number of esters is 3. The minimum Gasteiger partial charge on any atom is -0.462 e. The van der Waals surface area contributed by atoms with Gasteiger partial charge in [-0.2, -0.15) is 0 Å². The first-order valence-electron chi connectivity index (χ1n) is 9.59. The van der Waals surface area contributed by atoms with Crippen molar-refractivity contribution in [3.05, 3.63) is 35.9 Å². The minimum absolute atomic E-state index is 0.108. The summed E-state index contributed by atoms with van der Waals surface area (Å²) in [6, 6.07) is 9.88. The Balaban J connectivity index is 2.43. The molecule has 0 unspecified atom stereocenters. The second kappa shape index (κ2) is 13.8. The molecule has 0 atom stereocenters. The van der Waals surface area contributed by atoms with E-state index in [0.717, 1.165) is 12.0 Å². The number of rotatable bonds is 13. The van der Waals surface area contributed by atoms with Gasteiger partial charge in [0.25, 0.3) is 0 Å². The van der Waals surface area contributed by atoms with Crippen molar-refractivity contribution in [3.63, 3.8) is 0 Å². The molecule has 0 aliphatic heterocycles. The van der Waals surface area contributed by atoms with Crippen molar-refractivity contribution in [1.29, 1.82) is 0 Å². The van der Waals surface area contributed by atoms with E-state index < -0.39 is 12.1 Å². The van der Waals surface area contributed by atoms with Crippen LogP contribution in [0.3, 0.4) is 0 Å². The highest BCUT2D eigenvalue weighted by atomic mass is 16.6. The molecule has 0 aliphatic carbocycles. The number of hydrogen-bond acceptors (Lipinski definition) is 6. The van der Waals surface area contributed by atoms with Crippen LogP contribution in [0.25, 0.3) is 0 Å². The third-order valence-electron chi connectivity index (χ3n) is 3.76. The van der Waals surface area contributed by atoms with Crippen molar-refractivity contribution in [2.75, 3.05) is 13.2 Å². The molecule has 0 spiro atoms. The fraction of sp³-hybridized carbons (Fsp3) is 0.571. The summed E-state index contributed by atoms with van der Waals surface area (Å²) >= 11 is 0. The Morgan fingerprint density at radius 3 is 1.89 bits per heavy atom. The van der Waals surface area contributed by atoms with Gasteiger partial charge in [0, 0.05) is 19.3 Å². The van der Waals surface area contributed by atoms with Crippen molar-refractivity contribution in [3.8, 4) is 0 Å². The lowest BCUT2D eigenvalue weighted by atomic mass is 10.1. The molecule has 1 aromatic carbocycles. The summed E-state index contributed by atoms with van der Waals surface area (Å²) in [5, 5.41) is 0. The Kier molecular flexibility index (Phi) is 11.6. The molecule has 0 saturated heterocycles. The summed E-state index contributed by atoms with van der Waals surface area (Å²) in [6.45, 7) is 3.53. The van der Waals surface area contributed by atoms with E-state index in [-0.39, 0.29) is 31.6 Å². The molecule has 6 heteroatoms. The van der Waals surface area contributed by atoms with Gasteiger partial charge < -0.3 is 14.2 Å². The van der Waals surface area contributed by atoms with Crippen LogP contribution in [0.4, 0.5) is 0 Å². The Hall–Kier alpha value is -2.37. The van der Waals surface area contributed by atoms with E-state index in [0.29, 0.717) is 32.1 Å². The third-order valence-corrected chi connectivity index (χ3v) is 3.76. The molecule has 0 aromatic heterocycles. The first-order chi connectivity index (χ1) is 13.0. The second-order valence-corrected chi connectivity index (χ2v) is 6.32. The zero-order chi connectivity index (χ0) is 19.9. The van der Waals surface area contributed by atoms with Gasteiger partial charge in [-0.3, -0.25) is 14.4 Å². The van der Waals surface area contributed by atoms with Crippen LogP contribution in [0.15, 0.2) is 30.3 Å². The lowest BCUT2D eigenvalue weighted by Gasteiger charge is -2.18. The molecular formula is C21H30O6. The van der Waals surface area contributed by atoms with Gasteiger partial charge in [0.15, 0.2) is 6.10 Å². The van der Waals surface area contributed by atoms with Gasteiger partial charge in [0.2, 0.25) is 0 Å². The summed E-state index contributed by atoms with van der Waals surface area (Å²) in [5.41, 5.74) is 1.16. The van der Waals surface area contributed by atoms with E-state index in [2.05, 4.69) is 0 Å². The lowest BCUT2D eigenvalue weighted by molar-refractivity contribution is -0.166. The maximum absolute atomic E-state index is 12.1. The molecule has 1 aromatic rings. The molecule has 0 N–H and O–H groups in total. The predicted octanol–water partition coefficient (Wildman–Crippen LogP) is 3.61. The van der Waals surface area contributed by atoms with Crippen LogP contribution in [0.5, 0.6) is 0 Å². The molecule has 0 aliphatic rings. The van der Waals surface area contributed by atoms with Crippen molar-refractivity contribution >= 4 is 17.9 Å². The molecular weight excluding hydrogens is 348 g/mol. The molecule has 0 heterocycles. The summed E-state index contributed by atoms with van der Waals surface area (Å²) in [6.07, 6.45) is 2.84. The minimum atomic E-state index is -0.782. The SMILES string of the molecule is CCCC(=O)OCC(COC(=O)CCC)OC(=O)CCCc1ccccc1. The monoisotopic (exact) mass is 378 g/mol. The standard InChI is InChI=1S/C21H30O6/c1-3-9-19(22)25-15-18(16-26-20(23)10-4-2)27-21(24)14-8-13-17-11-6-5-7-12-17/h5-7,11-12,18H,3-4,8-10,13-16H2,1-2H3. The third kappa shape index (κ3) is 11.1. The van der Waals surface area contributed by atoms with Gasteiger partial charge in [-0.25, -0.2) is 0 Å². The molecule has 0 amide bonds. The molecule has 6 nitrogen and oxygen atoms in total. The highest BCUT2D eigenvalue weighted by molar-refractivity contribution is 5.71. The Bertz CT molecular complexity index is 547. The van der Waals surface area contributed by atoms with Gasteiger partial charge in [0.1, 0.15) is 13.2 Å². The first-order valence-corrected chi connectivity index (χ1v) is 9.59. The van der Waals surface area contributed by atoms with E-state index in [4.69, 9.17) is 14.2 Å². The highest BCUT2D eigenvalue weighted by Crippen LogP contribution is 2.07. The number of aryl methyl sites for hydroxylation is 1. The number of hydrogen-bond donors (Lipinski definition) is 0. The zero-order valence-electron chi connectivity index (χ0n) is 16.3. The maximum Gasteiger partial charge on any atom is 0.306 e. The van der Waals surface area contributed by atoms with E-state index in [1.807, 2.05) is 44.2 Å². The van der Waals surface area contributed by atoms with Crippen LogP contribution in [-0.2, 0) is 35.0 Å². The van der Waals surface area contributed by atoms with Gasteiger partial charge in [-0.15, -0.1) is 0 Å². The fourth-order valence-corrected chi connectivity index (χ4v) is 2.37. The number of benzene rings is 1. The average molecular weight is 378 g/mol. The molecule has 0 radical (unpaired) electrons. The van der Waals surface area contributed by atoms with Crippen molar-refractivity contribution in [2.24, 2.45) is 0 Å². The van der Waals surface area contributed by atoms with Crippen LogP contribution in [-0.4, -0.2) is 37.2 Å². The van der Waals surface area contributed by atoms with Crippen molar-refractivity contribution < 1.29 is 28.6 Å². The number of ether oxygens (including phenoxy) is 3. The van der Waals surface area contributed by atoms with Gasteiger partial charge in [-0.1, -0.05) is 44.2 Å². The first kappa shape index (κ1) is 22.7. The maximum atomic E-state index is 12.1.